The van der Waals surface area contributed by atoms with E-state index in [9.17, 15) is 76.7 Å². The molecule has 40 heteroatoms. The molecule has 3 fully saturated rings. The molecule has 3 saturated heterocycles. The molecule has 0 saturated carbocycles. The maximum absolute atomic E-state index is 14.5. The molecule has 0 unspecified atom stereocenters. The minimum Gasteiger partial charge on any atom is -0.370 e. The summed E-state index contributed by atoms with van der Waals surface area (Å²) in [6.07, 6.45) is -0.569. The number of aromatic amines is 1. The zero-order valence-electron chi connectivity index (χ0n) is 64.4. The minimum atomic E-state index is -1.85. The van der Waals surface area contributed by atoms with Crippen molar-refractivity contribution < 1.29 is 76.7 Å². The highest BCUT2D eigenvalue weighted by atomic mass is 16.2. The van der Waals surface area contributed by atoms with Crippen molar-refractivity contribution in [1.29, 1.82) is 0 Å². The SMILES string of the molecule is CNC(=O)[C@@H](NC(=O)[C@H](C)NC(=O)[C@H](Cc1c[nH]c2ccccc12)NC(=O)[C@H](CCC(N)=O)NC(=O)[C@H](CC(N)=O)NC(=O)CNC(=O)[C@H](CC(C)C)NC(=O)[C@H](CCCCNC(=O)CCCC(=O)N[C@]12CNCCNC[C@](N)(CNCCNC1)CNCCN2)NC(=O)[C@H](CCC(N)=O)NC(=O)[C@@H]1CCC(=O)N1)C(C)C. The average Bonchev–Trinajstić information content (AvgIpc) is 1.71. The van der Waals surface area contributed by atoms with Crippen LogP contribution in [-0.4, -0.2) is 257 Å². The van der Waals surface area contributed by atoms with E-state index in [4.69, 9.17) is 22.9 Å². The Bertz CT molecular complexity index is 3520. The van der Waals surface area contributed by atoms with E-state index in [1.54, 1.807) is 58.2 Å². The molecule has 4 heterocycles. The van der Waals surface area contributed by atoms with Crippen molar-refractivity contribution in [1.82, 2.24) is 106 Å². The fourth-order valence-electron chi connectivity index (χ4n) is 12.7. The second kappa shape index (κ2) is 46.6. The molecule has 0 spiro atoms. The van der Waals surface area contributed by atoms with Crippen molar-refractivity contribution in [3.05, 3.63) is 36.0 Å². The number of nitrogens with one attached hydrogen (secondary N) is 20. The average molecular weight is 1560 g/mol. The molecule has 0 radical (unpaired) electrons. The summed E-state index contributed by atoms with van der Waals surface area (Å²) in [5.74, 6) is -13.5. The van der Waals surface area contributed by atoms with Crippen LogP contribution in [0.5, 0.6) is 0 Å². The van der Waals surface area contributed by atoms with E-state index in [2.05, 4.69) is 106 Å². The van der Waals surface area contributed by atoms with Gasteiger partial charge in [-0.3, -0.25) is 82.0 Å². The third-order valence-electron chi connectivity index (χ3n) is 18.8. The Labute approximate surface area is 645 Å². The summed E-state index contributed by atoms with van der Waals surface area (Å²) in [5.41, 5.74) is 23.0. The summed E-state index contributed by atoms with van der Waals surface area (Å²) >= 11 is 0. The number of H-pyrrole nitrogens is 1. The van der Waals surface area contributed by atoms with Gasteiger partial charge in [0.25, 0.3) is 0 Å². The predicted octanol–water partition coefficient (Wildman–Crippen LogP) is -8.61. The smallest absolute Gasteiger partial charge is 0.243 e. The van der Waals surface area contributed by atoms with E-state index >= 15 is 0 Å². The Kier molecular flexibility index (Phi) is 38.5. The maximum Gasteiger partial charge on any atom is 0.243 e. The number of hydrogen-bond donors (Lipinski definition) is 24. The lowest BCUT2D eigenvalue weighted by Crippen LogP contribution is -2.69. The van der Waals surface area contributed by atoms with Gasteiger partial charge in [-0.1, -0.05) is 45.9 Å². The Hall–Kier alpha value is -10.0. The zero-order chi connectivity index (χ0) is 81.8. The first-order chi connectivity index (χ1) is 52.7. The first-order valence-electron chi connectivity index (χ1n) is 37.9. The topological polar surface area (TPSA) is 622 Å². The molecular weight excluding hydrogens is 1440 g/mol. The molecule has 9 atom stereocenters. The molecule has 1 aromatic carbocycles. The molecular formula is C71H118N24O16. The number of fused-ring (bicyclic) bond motifs is 7. The molecule has 28 N–H and O–H groups in total. The molecule has 3 aliphatic rings. The van der Waals surface area contributed by atoms with Crippen LogP contribution < -0.4 is 124 Å². The highest BCUT2D eigenvalue weighted by Crippen LogP contribution is 2.20. The number of benzene rings is 1. The van der Waals surface area contributed by atoms with Gasteiger partial charge in [-0.15, -0.1) is 0 Å². The van der Waals surface area contributed by atoms with Crippen LogP contribution in [0.1, 0.15) is 130 Å². The van der Waals surface area contributed by atoms with Gasteiger partial charge in [-0.05, 0) is 81.8 Å². The van der Waals surface area contributed by atoms with Crippen LogP contribution in [-0.2, 0) is 83.1 Å². The number of rotatable bonds is 42. The van der Waals surface area contributed by atoms with Crippen molar-refractivity contribution in [2.75, 3.05) is 92.1 Å². The van der Waals surface area contributed by atoms with Gasteiger partial charge in [0, 0.05) is 141 Å². The fourth-order valence-corrected chi connectivity index (χ4v) is 12.7. The van der Waals surface area contributed by atoms with Crippen molar-refractivity contribution in [3.63, 3.8) is 0 Å². The molecule has 2 aromatic rings. The van der Waals surface area contributed by atoms with Crippen LogP contribution in [0.2, 0.25) is 0 Å². The van der Waals surface area contributed by atoms with E-state index in [1.165, 1.54) is 14.0 Å². The van der Waals surface area contributed by atoms with Gasteiger partial charge in [0.15, 0.2) is 0 Å². The molecule has 40 nitrogen and oxygen atoms in total. The minimum absolute atomic E-state index is 0.00415. The second-order valence-corrected chi connectivity index (χ2v) is 29.3. The Morgan fingerprint density at radius 2 is 1.06 bits per heavy atom. The Morgan fingerprint density at radius 1 is 0.523 bits per heavy atom. The highest BCUT2D eigenvalue weighted by Gasteiger charge is 2.38. The van der Waals surface area contributed by atoms with Crippen LogP contribution >= 0.6 is 0 Å². The van der Waals surface area contributed by atoms with Crippen LogP contribution in [0.25, 0.3) is 10.9 Å². The summed E-state index contributed by atoms with van der Waals surface area (Å²) in [7, 11) is 1.40. The first-order valence-corrected chi connectivity index (χ1v) is 37.9. The van der Waals surface area contributed by atoms with Crippen molar-refractivity contribution in [2.45, 2.75) is 197 Å². The number of likely N-dealkylation sites (N-methyl/N-ethyl adjacent to an activating group) is 1. The Balaban J connectivity index is 1.26. The van der Waals surface area contributed by atoms with Gasteiger partial charge in [-0.2, -0.15) is 0 Å². The molecule has 2 bridgehead atoms. The van der Waals surface area contributed by atoms with Crippen LogP contribution in [0.3, 0.4) is 0 Å². The Morgan fingerprint density at radius 3 is 1.63 bits per heavy atom. The fraction of sp³-hybridized carbons (Fsp3) is 0.662. The van der Waals surface area contributed by atoms with Gasteiger partial charge in [0.2, 0.25) is 94.5 Å². The second-order valence-electron chi connectivity index (χ2n) is 29.3. The molecule has 111 heavy (non-hydrogen) atoms. The van der Waals surface area contributed by atoms with Crippen molar-refractivity contribution in [3.8, 4) is 0 Å². The van der Waals surface area contributed by atoms with E-state index in [1.807, 2.05) is 0 Å². The van der Waals surface area contributed by atoms with Crippen LogP contribution in [0, 0.1) is 11.8 Å². The van der Waals surface area contributed by atoms with E-state index in [-0.39, 0.29) is 107 Å². The number of carbonyl (C=O) groups is 16. The van der Waals surface area contributed by atoms with Gasteiger partial charge in [0.1, 0.15) is 60.0 Å². The third-order valence-corrected chi connectivity index (χ3v) is 18.8. The van der Waals surface area contributed by atoms with E-state index in [0.717, 1.165) is 0 Å². The number of para-hydroxylation sites is 1. The van der Waals surface area contributed by atoms with Crippen molar-refractivity contribution in [2.24, 2.45) is 34.8 Å². The normalized spacial score (nSPS) is 19.8. The summed E-state index contributed by atoms with van der Waals surface area (Å²) < 4.78 is 0. The molecule has 1 aromatic heterocycles. The third kappa shape index (κ3) is 32.8. The molecule has 16 amide bonds. The number of hydrogen-bond acceptors (Lipinski definition) is 23. The quantitative estimate of drug-likeness (QED) is 0.0275. The van der Waals surface area contributed by atoms with Gasteiger partial charge >= 0.3 is 0 Å². The van der Waals surface area contributed by atoms with E-state index < -0.39 is 174 Å². The van der Waals surface area contributed by atoms with Gasteiger partial charge < -0.3 is 124 Å². The first kappa shape index (κ1) is 91.6. The summed E-state index contributed by atoms with van der Waals surface area (Å²) in [6, 6.07) is -5.58. The number of nitrogens with two attached hydrogens (primary N) is 4. The lowest BCUT2D eigenvalue weighted by Gasteiger charge is -2.37. The van der Waals surface area contributed by atoms with Crippen molar-refractivity contribution >= 4 is 105 Å². The lowest BCUT2D eigenvalue weighted by atomic mass is 10.0. The maximum atomic E-state index is 14.5. The summed E-state index contributed by atoms with van der Waals surface area (Å²) in [6.45, 7) is 13.6. The number of primary amides is 3. The number of carbonyl (C=O) groups excluding carboxylic acids is 16. The zero-order valence-corrected chi connectivity index (χ0v) is 64.4. The molecule has 5 rings (SSSR count). The summed E-state index contributed by atoms with van der Waals surface area (Å²) in [5, 5.41) is 55.0. The van der Waals surface area contributed by atoms with Gasteiger partial charge in [0.05, 0.1) is 18.5 Å². The highest BCUT2D eigenvalue weighted by molar-refractivity contribution is 6.00. The standard InChI is InChI=1S/C71H118N24O16/c1-40(2)30-50(62(104)84-34-59(102)88-52(32-55(74)98)68(110)91-49(18-21-54(73)97)66(108)93-51(31-43-33-83-45-13-8-7-12-44(43)45)67(109)86-42(5)61(103)94-60(41(3)4)69(111)76-6)92-63(105)46(89-65(107)48(17-20-53(72)96)90-64(106)47-19-22-57(100)87-47)14-9-10-23-82-56(99)15-11-16-58(101)95-71-38-80-26-24-77-35-70(75,37-79-28-29-85-71)36-78-25-27-81-39-71/h7-8,12-13,33,40-42,46-52,60,77-81,83,85H,9-11,14-32,34-39,75H2,1-6H3,(H2,72,96)(H2,73,97)(H2,74,98)(H,76,111)(H,82,99)(H,84,104)(H,86,109)(H,87,100)(H,88,102)(H,89,107)(H,90,106)(H,91,110)(H,92,105)(H,93,108)(H,94,103)(H,95,101)/t42-,46-,47-,48-,49-,50-,51-,52-,60-,70-,71+/m0/s1. The molecule has 3 aliphatic heterocycles. The molecule has 0 aliphatic carbocycles. The molecule has 618 valence electrons. The van der Waals surface area contributed by atoms with Crippen LogP contribution in [0.15, 0.2) is 30.5 Å². The largest absolute Gasteiger partial charge is 0.370 e. The number of unbranched alkanes of at least 4 members (excludes halogenated alkanes) is 1. The predicted molar refractivity (Wildman–Crippen MR) is 407 cm³/mol. The monoisotopic (exact) mass is 1560 g/mol. The lowest BCUT2D eigenvalue weighted by molar-refractivity contribution is -0.136. The number of amides is 16. The summed E-state index contributed by atoms with van der Waals surface area (Å²) in [4.78, 5) is 217. The van der Waals surface area contributed by atoms with Crippen LogP contribution in [0.4, 0.5) is 0 Å². The van der Waals surface area contributed by atoms with E-state index in [0.29, 0.717) is 88.5 Å². The number of aromatic nitrogens is 1. The van der Waals surface area contributed by atoms with Gasteiger partial charge in [-0.25, -0.2) is 0 Å².